The molecule has 39 heavy (non-hydrogen) atoms. The van der Waals surface area contributed by atoms with Gasteiger partial charge < -0.3 is 20.7 Å². The molecule has 7 N–H and O–H groups in total. The molecule has 0 unspecified atom stereocenters. The van der Waals surface area contributed by atoms with E-state index in [1.165, 1.54) is 11.3 Å². The second kappa shape index (κ2) is 12.2. The molecule has 2 aromatic carbocycles. The third kappa shape index (κ3) is 6.36. The number of aldehydes is 1. The van der Waals surface area contributed by atoms with Crippen molar-refractivity contribution in [1.82, 2.24) is 15.8 Å². The maximum atomic E-state index is 12.6. The summed E-state index contributed by atoms with van der Waals surface area (Å²) in [4.78, 5) is 37.3. The zero-order chi connectivity index (χ0) is 28.0. The first-order chi connectivity index (χ1) is 18.8. The van der Waals surface area contributed by atoms with Gasteiger partial charge in [0.1, 0.15) is 16.4 Å². The number of carbonyl (C=O) groups is 3. The minimum absolute atomic E-state index is 0.0983. The van der Waals surface area contributed by atoms with Crippen LogP contribution in [0.5, 0.6) is 5.75 Å². The molecule has 2 aliphatic heterocycles. The minimum atomic E-state index is -0.351. The van der Waals surface area contributed by atoms with Gasteiger partial charge in [0.05, 0.1) is 17.5 Å². The highest BCUT2D eigenvalue weighted by atomic mass is 32.1. The zero-order valence-electron chi connectivity index (χ0n) is 22.0. The number of rotatable bonds is 5. The molecule has 1 aromatic heterocycles. The first-order valence-corrected chi connectivity index (χ1v) is 13.5. The minimum Gasteiger partial charge on any atom is -0.486 e. The largest absolute Gasteiger partial charge is 0.486 e. The molecule has 12 heteroatoms. The fraction of sp³-hybridized carbons (Fsp3) is 0.333. The van der Waals surface area contributed by atoms with Crippen LogP contribution in [0, 0.1) is 0 Å². The van der Waals surface area contributed by atoms with Gasteiger partial charge in [0.25, 0.3) is 0 Å². The van der Waals surface area contributed by atoms with Crippen molar-refractivity contribution < 1.29 is 19.1 Å². The highest BCUT2D eigenvalue weighted by Crippen LogP contribution is 2.39. The number of hydrazine groups is 1. The molecular weight excluding hydrogens is 518 g/mol. The number of hydrogen-bond donors (Lipinski definition) is 5. The van der Waals surface area contributed by atoms with Crippen LogP contribution in [0.2, 0.25) is 0 Å². The molecule has 11 nitrogen and oxygen atoms in total. The number of nitrogens with one attached hydrogen (secondary N) is 3. The Kier molecular flexibility index (Phi) is 8.79. The average molecular weight is 552 g/mol. The van der Waals surface area contributed by atoms with E-state index < -0.39 is 0 Å². The Labute approximate surface area is 230 Å². The van der Waals surface area contributed by atoms with Gasteiger partial charge >= 0.3 is 6.03 Å². The molecule has 3 heterocycles. The number of nitrogens with zero attached hydrogens (tertiary/aromatic N) is 2. The number of thiophene rings is 1. The fourth-order valence-electron chi connectivity index (χ4n) is 4.68. The SMILES string of the molecule is CCNC(=O)Nc1sc2ccccc2c1C=O.CN1CCC2(CC1)CC(=O)c1cc(/C(N)=N/NN)ccc1O2. The predicted octanol–water partition coefficient (Wildman–Crippen LogP) is 3.06. The van der Waals surface area contributed by atoms with Crippen LogP contribution in [-0.4, -0.2) is 61.1 Å². The number of urea groups is 1. The van der Waals surface area contributed by atoms with Gasteiger partial charge in [-0.25, -0.2) is 16.2 Å². The Balaban J connectivity index is 0.000000187. The van der Waals surface area contributed by atoms with E-state index in [2.05, 4.69) is 33.2 Å². The number of nitrogens with two attached hydrogens (primary N) is 2. The van der Waals surface area contributed by atoms with Crippen molar-refractivity contribution in [3.05, 3.63) is 59.2 Å². The third-order valence-corrected chi connectivity index (χ3v) is 7.89. The molecule has 0 bridgehead atoms. The summed E-state index contributed by atoms with van der Waals surface area (Å²) in [5, 5.41) is 10.5. The molecule has 3 aromatic rings. The molecule has 0 atom stereocenters. The Bertz CT molecular complexity index is 1400. The van der Waals surface area contributed by atoms with Crippen molar-refractivity contribution >= 4 is 50.4 Å². The number of fused-ring (bicyclic) bond motifs is 2. The van der Waals surface area contributed by atoms with E-state index >= 15 is 0 Å². The number of hydrazone groups is 1. The molecule has 206 valence electrons. The number of benzene rings is 2. The zero-order valence-corrected chi connectivity index (χ0v) is 22.8. The Hall–Kier alpha value is -4.00. The lowest BCUT2D eigenvalue weighted by molar-refractivity contribution is -0.00368. The molecule has 1 spiro atoms. The molecule has 1 saturated heterocycles. The fourth-order valence-corrected chi connectivity index (χ4v) is 5.74. The van der Waals surface area contributed by atoms with E-state index in [0.717, 1.165) is 42.3 Å². The van der Waals surface area contributed by atoms with Crippen molar-refractivity contribution in [1.29, 1.82) is 0 Å². The summed E-state index contributed by atoms with van der Waals surface area (Å²) in [7, 11) is 2.09. The second-order valence-electron chi connectivity index (χ2n) is 9.47. The van der Waals surface area contributed by atoms with Crippen molar-refractivity contribution in [2.24, 2.45) is 16.7 Å². The van der Waals surface area contributed by atoms with E-state index in [9.17, 15) is 14.4 Å². The van der Waals surface area contributed by atoms with Crippen LogP contribution >= 0.6 is 11.3 Å². The number of piperidine rings is 1. The summed E-state index contributed by atoms with van der Waals surface area (Å²) in [6, 6.07) is 12.6. The van der Waals surface area contributed by atoms with E-state index in [0.29, 0.717) is 40.4 Å². The summed E-state index contributed by atoms with van der Waals surface area (Å²) in [5.41, 5.74) is 9.34. The molecule has 2 amide bonds. The molecule has 0 saturated carbocycles. The molecule has 5 rings (SSSR count). The summed E-state index contributed by atoms with van der Waals surface area (Å²) >= 11 is 1.40. The van der Waals surface area contributed by atoms with Crippen molar-refractivity contribution in [2.75, 3.05) is 32.0 Å². The van der Waals surface area contributed by atoms with Crippen LogP contribution < -0.4 is 32.5 Å². The van der Waals surface area contributed by atoms with E-state index in [4.69, 9.17) is 16.3 Å². The van der Waals surface area contributed by atoms with Gasteiger partial charge in [-0.15, -0.1) is 16.4 Å². The number of anilines is 1. The van der Waals surface area contributed by atoms with Crippen molar-refractivity contribution in [2.45, 2.75) is 31.8 Å². The topological polar surface area (TPSA) is 164 Å². The van der Waals surface area contributed by atoms with Crippen LogP contribution in [0.3, 0.4) is 0 Å². The monoisotopic (exact) mass is 551 g/mol. The number of ketones is 1. The lowest BCUT2D eigenvalue weighted by atomic mass is 9.82. The normalized spacial score (nSPS) is 16.5. The molecule has 1 fully saturated rings. The van der Waals surface area contributed by atoms with E-state index in [1.54, 1.807) is 18.2 Å². The Morgan fingerprint density at radius 2 is 1.97 bits per heavy atom. The molecule has 2 aliphatic rings. The number of ether oxygens (including phenoxy) is 1. The van der Waals surface area contributed by atoms with Crippen molar-refractivity contribution in [3.63, 3.8) is 0 Å². The molecule has 0 radical (unpaired) electrons. The smallest absolute Gasteiger partial charge is 0.319 e. The lowest BCUT2D eigenvalue weighted by Crippen LogP contribution is -2.50. The Morgan fingerprint density at radius 1 is 1.23 bits per heavy atom. The number of amidine groups is 1. The van der Waals surface area contributed by atoms with Gasteiger partial charge in [0.15, 0.2) is 17.9 Å². The van der Waals surface area contributed by atoms with E-state index in [1.807, 2.05) is 31.2 Å². The maximum absolute atomic E-state index is 12.6. The number of Topliss-reactive ketones (excluding diaryl/α,β-unsaturated/α-hetero) is 1. The van der Waals surface area contributed by atoms with Gasteiger partial charge in [0, 0.05) is 48.1 Å². The number of likely N-dealkylation sites (tertiary alicyclic amines) is 1. The standard InChI is InChI=1S/C15H21N5O2.C12H12N2O2S/c1-20-6-4-15(5-7-20)9-12(21)11-8-10(14(16)18-19-17)2-3-13(11)22-15;1-2-13-12(16)14-11-9(7-15)8-5-3-4-6-10(8)17-11/h2-3,8,19H,4-7,9,17H2,1H3,(H2,16,18);3-7H,2H2,1H3,(H2,13,14,16). The average Bonchev–Trinajstić information content (AvgIpc) is 3.27. The van der Waals surface area contributed by atoms with E-state index in [-0.39, 0.29) is 23.3 Å². The van der Waals surface area contributed by atoms with Crippen LogP contribution in [0.25, 0.3) is 10.1 Å². The van der Waals surface area contributed by atoms with Gasteiger partial charge in [-0.3, -0.25) is 14.9 Å². The maximum Gasteiger partial charge on any atom is 0.319 e. The van der Waals surface area contributed by atoms with Crippen LogP contribution in [-0.2, 0) is 0 Å². The third-order valence-electron chi connectivity index (χ3n) is 6.78. The highest BCUT2D eigenvalue weighted by Gasteiger charge is 2.42. The van der Waals surface area contributed by atoms with Crippen molar-refractivity contribution in [3.8, 4) is 5.75 Å². The van der Waals surface area contributed by atoms with Gasteiger partial charge in [-0.1, -0.05) is 18.2 Å². The summed E-state index contributed by atoms with van der Waals surface area (Å²) < 4.78 is 7.19. The Morgan fingerprint density at radius 3 is 2.67 bits per heavy atom. The summed E-state index contributed by atoms with van der Waals surface area (Å²) in [6.45, 7) is 4.28. The first kappa shape index (κ1) is 28.0. The first-order valence-electron chi connectivity index (χ1n) is 12.6. The highest BCUT2D eigenvalue weighted by molar-refractivity contribution is 7.23. The molecular formula is C27H33N7O4S. The number of hydrogen-bond acceptors (Lipinski definition) is 9. The number of amides is 2. The van der Waals surface area contributed by atoms with Gasteiger partial charge in [-0.05, 0) is 38.2 Å². The van der Waals surface area contributed by atoms with Crippen LogP contribution in [0.1, 0.15) is 52.5 Å². The summed E-state index contributed by atoms with van der Waals surface area (Å²) in [5.74, 6) is 6.09. The van der Waals surface area contributed by atoms with Gasteiger partial charge in [0.2, 0.25) is 0 Å². The van der Waals surface area contributed by atoms with Crippen LogP contribution in [0.4, 0.5) is 9.80 Å². The predicted molar refractivity (Wildman–Crippen MR) is 153 cm³/mol. The second-order valence-corrected chi connectivity index (χ2v) is 10.5. The number of carbonyl (C=O) groups excluding carboxylic acids is 3. The molecule has 0 aliphatic carbocycles. The van der Waals surface area contributed by atoms with Gasteiger partial charge in [-0.2, -0.15) is 0 Å². The summed E-state index contributed by atoms with van der Waals surface area (Å²) in [6.07, 6.45) is 2.94. The lowest BCUT2D eigenvalue weighted by Gasteiger charge is -2.43. The quantitative estimate of drug-likeness (QED) is 0.106. The van der Waals surface area contributed by atoms with Crippen LogP contribution in [0.15, 0.2) is 47.6 Å².